The molecule has 6 nitrogen and oxygen atoms in total. The maximum absolute atomic E-state index is 8.36. The van der Waals surface area contributed by atoms with Crippen molar-refractivity contribution in [2.45, 2.75) is 71.3 Å². The highest BCUT2D eigenvalue weighted by Crippen LogP contribution is 2.11. The van der Waals surface area contributed by atoms with Gasteiger partial charge in [0.1, 0.15) is 12.4 Å². The van der Waals surface area contributed by atoms with E-state index in [2.05, 4.69) is 36.2 Å². The molecule has 2 N–H and O–H groups in total. The molecule has 6 heteroatoms. The van der Waals surface area contributed by atoms with Gasteiger partial charge in [-0.3, -0.25) is 4.79 Å². The molecule has 2 heterocycles. The molecule has 0 aromatic carbocycles. The summed E-state index contributed by atoms with van der Waals surface area (Å²) < 4.78 is 4.73. The van der Waals surface area contributed by atoms with Crippen LogP contribution in [0.15, 0.2) is 35.2 Å². The standard InChI is InChI=1S/C15H30N2.C5H6O2.CH2O2/c1-3-4-5-6-7-8-9-10-11-12-17-14-13-16(2)15-17;6-4-5-2-1-3-7-5;2-1-3/h13-14H,3-12,15H2,1-2H3;1-3,6H,4H2;1H,(H,2,3). The van der Waals surface area contributed by atoms with Gasteiger partial charge < -0.3 is 24.4 Å². The number of carboxylic acid groups (broad SMARTS) is 1. The smallest absolute Gasteiger partial charge is 0.290 e. The first kappa shape index (κ1) is 25.1. The van der Waals surface area contributed by atoms with Crippen LogP contribution in [0.3, 0.4) is 0 Å². The molecule has 1 aliphatic rings. The zero-order valence-electron chi connectivity index (χ0n) is 17.1. The molecular formula is C21H38N2O4. The first-order valence-electron chi connectivity index (χ1n) is 10.0. The van der Waals surface area contributed by atoms with Crippen LogP contribution in [-0.4, -0.2) is 46.7 Å². The van der Waals surface area contributed by atoms with Crippen molar-refractivity contribution in [3.63, 3.8) is 0 Å². The number of aliphatic hydroxyl groups excluding tert-OH is 1. The molecule has 1 aromatic rings. The molecular weight excluding hydrogens is 344 g/mol. The average molecular weight is 383 g/mol. The maximum Gasteiger partial charge on any atom is 0.290 e. The van der Waals surface area contributed by atoms with Crippen molar-refractivity contribution in [3.8, 4) is 0 Å². The van der Waals surface area contributed by atoms with Gasteiger partial charge in [-0.05, 0) is 18.6 Å². The molecule has 0 radical (unpaired) electrons. The number of unbranched alkanes of at least 4 members (excludes halogenated alkanes) is 8. The van der Waals surface area contributed by atoms with Gasteiger partial charge in [-0.25, -0.2) is 0 Å². The highest BCUT2D eigenvalue weighted by Gasteiger charge is 2.06. The minimum absolute atomic E-state index is 0.00694. The number of rotatable bonds is 11. The molecule has 1 aromatic heterocycles. The summed E-state index contributed by atoms with van der Waals surface area (Å²) in [5.41, 5.74) is 0. The first-order valence-corrected chi connectivity index (χ1v) is 10.0. The fourth-order valence-electron chi connectivity index (χ4n) is 2.76. The topological polar surface area (TPSA) is 77.2 Å². The summed E-state index contributed by atoms with van der Waals surface area (Å²) in [4.78, 5) is 13.0. The number of aliphatic hydroxyl groups is 1. The van der Waals surface area contributed by atoms with E-state index in [0.717, 1.165) is 6.67 Å². The van der Waals surface area contributed by atoms with Gasteiger partial charge in [0.25, 0.3) is 6.47 Å². The highest BCUT2D eigenvalue weighted by atomic mass is 16.4. The van der Waals surface area contributed by atoms with Crippen LogP contribution in [0.1, 0.15) is 70.5 Å². The van der Waals surface area contributed by atoms with Crippen molar-refractivity contribution in [3.05, 3.63) is 36.6 Å². The van der Waals surface area contributed by atoms with Gasteiger partial charge in [0, 0.05) is 26.0 Å². The van der Waals surface area contributed by atoms with Crippen LogP contribution in [-0.2, 0) is 11.4 Å². The number of furan rings is 1. The Balaban J connectivity index is 0.000000555. The van der Waals surface area contributed by atoms with Crippen LogP contribution in [0.5, 0.6) is 0 Å². The Morgan fingerprint density at radius 1 is 1.07 bits per heavy atom. The molecule has 156 valence electrons. The van der Waals surface area contributed by atoms with Crippen molar-refractivity contribution in [2.75, 3.05) is 20.3 Å². The molecule has 0 fully saturated rings. The lowest BCUT2D eigenvalue weighted by Gasteiger charge is -2.17. The Hall–Kier alpha value is -1.95. The van der Waals surface area contributed by atoms with Crippen molar-refractivity contribution < 1.29 is 19.4 Å². The average Bonchev–Trinajstić information content (AvgIpc) is 3.33. The third-order valence-electron chi connectivity index (χ3n) is 4.22. The fourth-order valence-corrected chi connectivity index (χ4v) is 2.76. The third kappa shape index (κ3) is 16.0. The van der Waals surface area contributed by atoms with E-state index in [4.69, 9.17) is 19.4 Å². The van der Waals surface area contributed by atoms with Crippen molar-refractivity contribution >= 4 is 6.47 Å². The summed E-state index contributed by atoms with van der Waals surface area (Å²) in [5, 5.41) is 15.2. The number of nitrogens with zero attached hydrogens (tertiary/aromatic N) is 2. The predicted octanol–water partition coefficient (Wildman–Crippen LogP) is 4.67. The largest absolute Gasteiger partial charge is 0.483 e. The fraction of sp³-hybridized carbons (Fsp3) is 0.667. The number of hydrogen-bond donors (Lipinski definition) is 2. The summed E-state index contributed by atoms with van der Waals surface area (Å²) in [7, 11) is 2.13. The lowest BCUT2D eigenvalue weighted by atomic mass is 10.1. The molecule has 0 atom stereocenters. The summed E-state index contributed by atoms with van der Waals surface area (Å²) in [5.74, 6) is 0.611. The Labute approximate surface area is 164 Å². The van der Waals surface area contributed by atoms with Gasteiger partial charge in [-0.2, -0.15) is 0 Å². The Morgan fingerprint density at radius 3 is 2.07 bits per heavy atom. The molecule has 0 saturated heterocycles. The minimum atomic E-state index is -0.250. The number of hydrogen-bond acceptors (Lipinski definition) is 5. The monoisotopic (exact) mass is 382 g/mol. The van der Waals surface area contributed by atoms with Gasteiger partial charge in [-0.1, -0.05) is 58.3 Å². The SMILES string of the molecule is CCCCCCCCCCCN1C=CN(C)C1.O=CO.OCc1ccco1. The zero-order chi connectivity index (χ0) is 20.2. The van der Waals surface area contributed by atoms with Crippen LogP contribution < -0.4 is 0 Å². The molecule has 0 saturated carbocycles. The predicted molar refractivity (Wildman–Crippen MR) is 109 cm³/mol. The number of carbonyl (C=O) groups is 1. The van der Waals surface area contributed by atoms with Crippen LogP contribution in [0, 0.1) is 0 Å². The molecule has 0 spiro atoms. The summed E-state index contributed by atoms with van der Waals surface area (Å²) in [6.45, 7) is 4.34. The van der Waals surface area contributed by atoms with Crippen LogP contribution in [0.25, 0.3) is 0 Å². The molecule has 0 unspecified atom stereocenters. The highest BCUT2D eigenvalue weighted by molar-refractivity contribution is 5.32. The van der Waals surface area contributed by atoms with E-state index in [1.54, 1.807) is 12.1 Å². The van der Waals surface area contributed by atoms with E-state index in [1.807, 2.05) is 0 Å². The van der Waals surface area contributed by atoms with Gasteiger partial charge in [0.2, 0.25) is 0 Å². The van der Waals surface area contributed by atoms with Gasteiger partial charge in [0.05, 0.1) is 12.9 Å². The normalized spacial score (nSPS) is 12.3. The van der Waals surface area contributed by atoms with Crippen molar-refractivity contribution in [2.24, 2.45) is 0 Å². The van der Waals surface area contributed by atoms with E-state index < -0.39 is 0 Å². The van der Waals surface area contributed by atoms with E-state index >= 15 is 0 Å². The molecule has 0 bridgehead atoms. The van der Waals surface area contributed by atoms with Gasteiger partial charge >= 0.3 is 0 Å². The molecule has 2 rings (SSSR count). The second-order valence-electron chi connectivity index (χ2n) is 6.68. The van der Waals surface area contributed by atoms with E-state index in [0.29, 0.717) is 5.76 Å². The lowest BCUT2D eigenvalue weighted by molar-refractivity contribution is -0.122. The van der Waals surface area contributed by atoms with Crippen molar-refractivity contribution in [1.29, 1.82) is 0 Å². The molecule has 27 heavy (non-hydrogen) atoms. The third-order valence-corrected chi connectivity index (χ3v) is 4.22. The lowest BCUT2D eigenvalue weighted by Crippen LogP contribution is -2.23. The zero-order valence-corrected chi connectivity index (χ0v) is 17.1. The summed E-state index contributed by atoms with van der Waals surface area (Å²) >= 11 is 0. The maximum atomic E-state index is 8.36. The Bertz CT molecular complexity index is 449. The van der Waals surface area contributed by atoms with Crippen LogP contribution in [0.4, 0.5) is 0 Å². The minimum Gasteiger partial charge on any atom is -0.483 e. The molecule has 0 amide bonds. The van der Waals surface area contributed by atoms with Gasteiger partial charge in [0.15, 0.2) is 0 Å². The Kier molecular flexibility index (Phi) is 17.5. The van der Waals surface area contributed by atoms with Crippen molar-refractivity contribution in [1.82, 2.24) is 9.80 Å². The van der Waals surface area contributed by atoms with Crippen LogP contribution >= 0.6 is 0 Å². The second-order valence-corrected chi connectivity index (χ2v) is 6.68. The van der Waals surface area contributed by atoms with E-state index in [9.17, 15) is 0 Å². The summed E-state index contributed by atoms with van der Waals surface area (Å²) in [6, 6.07) is 3.46. The quantitative estimate of drug-likeness (QED) is 0.428. The first-order chi connectivity index (χ1) is 13.2. The van der Waals surface area contributed by atoms with E-state index in [-0.39, 0.29) is 13.1 Å². The molecule has 0 aliphatic carbocycles. The summed E-state index contributed by atoms with van der Waals surface area (Å²) in [6.07, 6.45) is 18.7. The molecule has 1 aliphatic heterocycles. The van der Waals surface area contributed by atoms with E-state index in [1.165, 1.54) is 70.6 Å². The second kappa shape index (κ2) is 18.8. The Morgan fingerprint density at radius 2 is 1.67 bits per heavy atom. The van der Waals surface area contributed by atoms with Crippen LogP contribution in [0.2, 0.25) is 0 Å². The van der Waals surface area contributed by atoms with Gasteiger partial charge in [-0.15, -0.1) is 0 Å².